The van der Waals surface area contributed by atoms with Crippen molar-refractivity contribution in [3.63, 3.8) is 0 Å². The maximum atomic E-state index is 11.6. The van der Waals surface area contributed by atoms with E-state index in [-0.39, 0.29) is 5.56 Å². The molecule has 3 heteroatoms. The van der Waals surface area contributed by atoms with E-state index in [0.717, 1.165) is 16.6 Å². The number of fused-ring (bicyclic) bond motifs is 1. The van der Waals surface area contributed by atoms with Crippen LogP contribution in [0.1, 0.15) is 11.3 Å². The molecule has 0 radical (unpaired) electrons. The maximum Gasteiger partial charge on any atom is 0.274 e. The molecule has 2 aromatic heterocycles. The number of hydrogen-bond donors (Lipinski definition) is 1. The fraction of sp³-hybridized carbons (Fsp3) is 0.300. The van der Waals surface area contributed by atoms with Crippen LogP contribution in [0.2, 0.25) is 0 Å². The smallest absolute Gasteiger partial charge is 0.274 e. The van der Waals surface area contributed by atoms with Crippen molar-refractivity contribution in [1.29, 1.82) is 0 Å². The van der Waals surface area contributed by atoms with E-state index < -0.39 is 0 Å². The van der Waals surface area contributed by atoms with Gasteiger partial charge in [0.1, 0.15) is 5.52 Å². The molecule has 0 aliphatic heterocycles. The minimum atomic E-state index is 0.0358. The minimum Gasteiger partial charge on any atom is -0.354 e. The van der Waals surface area contributed by atoms with Crippen molar-refractivity contribution in [2.24, 2.45) is 7.05 Å². The van der Waals surface area contributed by atoms with Crippen LogP contribution in [0, 0.1) is 13.8 Å². The van der Waals surface area contributed by atoms with Crippen molar-refractivity contribution in [1.82, 2.24) is 9.55 Å². The molecule has 1 N–H and O–H groups in total. The third-order valence-electron chi connectivity index (χ3n) is 2.55. The number of aromatic amines is 1. The highest BCUT2D eigenvalue weighted by atomic mass is 16.1. The Morgan fingerprint density at radius 3 is 2.77 bits per heavy atom. The summed E-state index contributed by atoms with van der Waals surface area (Å²) in [4.78, 5) is 14.7. The molecule has 0 bridgehead atoms. The number of nitrogens with zero attached hydrogens (tertiary/aromatic N) is 1. The van der Waals surface area contributed by atoms with Gasteiger partial charge in [-0.15, -0.1) is 0 Å². The minimum absolute atomic E-state index is 0.0358. The quantitative estimate of drug-likeness (QED) is 0.648. The van der Waals surface area contributed by atoms with Gasteiger partial charge in [-0.05, 0) is 25.5 Å². The molecular formula is C10H12N2O. The second-order valence-electron chi connectivity index (χ2n) is 3.40. The van der Waals surface area contributed by atoms with Gasteiger partial charge in [-0.25, -0.2) is 0 Å². The van der Waals surface area contributed by atoms with Crippen molar-refractivity contribution < 1.29 is 0 Å². The average molecular weight is 176 g/mol. The van der Waals surface area contributed by atoms with E-state index in [4.69, 9.17) is 0 Å². The van der Waals surface area contributed by atoms with Gasteiger partial charge < -0.3 is 9.55 Å². The number of hydrogen-bond acceptors (Lipinski definition) is 1. The zero-order valence-corrected chi connectivity index (χ0v) is 8.01. The first-order chi connectivity index (χ1) is 6.11. The van der Waals surface area contributed by atoms with Crippen LogP contribution >= 0.6 is 0 Å². The summed E-state index contributed by atoms with van der Waals surface area (Å²) >= 11 is 0. The normalized spacial score (nSPS) is 11.0. The van der Waals surface area contributed by atoms with Crippen LogP contribution in [-0.4, -0.2) is 9.55 Å². The highest BCUT2D eigenvalue weighted by molar-refractivity contribution is 5.83. The van der Waals surface area contributed by atoms with Crippen molar-refractivity contribution in [2.75, 3.05) is 0 Å². The number of aromatic nitrogens is 2. The monoisotopic (exact) mass is 176 g/mol. The predicted molar refractivity (Wildman–Crippen MR) is 53.0 cm³/mol. The molecule has 2 rings (SSSR count). The molecule has 13 heavy (non-hydrogen) atoms. The lowest BCUT2D eigenvalue weighted by molar-refractivity contribution is 0.870. The van der Waals surface area contributed by atoms with Gasteiger partial charge in [0.05, 0.1) is 0 Å². The summed E-state index contributed by atoms with van der Waals surface area (Å²) < 4.78 is 1.58. The van der Waals surface area contributed by atoms with E-state index in [9.17, 15) is 4.79 Å². The van der Waals surface area contributed by atoms with Gasteiger partial charge >= 0.3 is 0 Å². The van der Waals surface area contributed by atoms with Crippen LogP contribution < -0.4 is 5.56 Å². The molecule has 68 valence electrons. The molecule has 0 aromatic carbocycles. The van der Waals surface area contributed by atoms with Crippen LogP contribution in [-0.2, 0) is 7.05 Å². The van der Waals surface area contributed by atoms with Crippen molar-refractivity contribution in [3.05, 3.63) is 33.9 Å². The highest BCUT2D eigenvalue weighted by Gasteiger charge is 2.06. The van der Waals surface area contributed by atoms with Gasteiger partial charge in [0.15, 0.2) is 0 Å². The zero-order valence-electron chi connectivity index (χ0n) is 8.01. The van der Waals surface area contributed by atoms with E-state index in [1.54, 1.807) is 17.8 Å². The zero-order chi connectivity index (χ0) is 9.59. The Labute approximate surface area is 76.0 Å². The van der Waals surface area contributed by atoms with Crippen LogP contribution in [0.5, 0.6) is 0 Å². The number of pyridine rings is 1. The number of nitrogens with one attached hydrogen (secondary N) is 1. The van der Waals surface area contributed by atoms with Gasteiger partial charge in [0.2, 0.25) is 0 Å². The Morgan fingerprint density at radius 1 is 1.38 bits per heavy atom. The van der Waals surface area contributed by atoms with Crippen LogP contribution in [0.15, 0.2) is 17.1 Å². The molecule has 0 atom stereocenters. The fourth-order valence-corrected chi connectivity index (χ4v) is 1.55. The lowest BCUT2D eigenvalue weighted by Crippen LogP contribution is -2.15. The lowest BCUT2D eigenvalue weighted by Gasteiger charge is -1.95. The second-order valence-corrected chi connectivity index (χ2v) is 3.40. The van der Waals surface area contributed by atoms with Gasteiger partial charge in [0.25, 0.3) is 5.56 Å². The second kappa shape index (κ2) is 2.49. The number of H-pyrrole nitrogens is 1. The molecule has 0 aliphatic rings. The summed E-state index contributed by atoms with van der Waals surface area (Å²) in [6.45, 7) is 4.00. The third kappa shape index (κ3) is 1.00. The molecule has 2 aromatic rings. The Morgan fingerprint density at radius 2 is 2.08 bits per heavy atom. The Balaban J connectivity index is 3.03. The highest BCUT2D eigenvalue weighted by Crippen LogP contribution is 2.17. The van der Waals surface area contributed by atoms with Crippen molar-refractivity contribution in [3.8, 4) is 0 Å². The molecule has 3 nitrogen and oxygen atoms in total. The lowest BCUT2D eigenvalue weighted by atomic mass is 10.2. The van der Waals surface area contributed by atoms with E-state index in [2.05, 4.69) is 4.98 Å². The fourth-order valence-electron chi connectivity index (χ4n) is 1.55. The van der Waals surface area contributed by atoms with E-state index in [0.29, 0.717) is 5.52 Å². The number of rotatable bonds is 0. The van der Waals surface area contributed by atoms with Crippen LogP contribution in [0.25, 0.3) is 10.9 Å². The van der Waals surface area contributed by atoms with E-state index in [1.807, 2.05) is 19.9 Å². The largest absolute Gasteiger partial charge is 0.354 e. The average Bonchev–Trinajstić information content (AvgIpc) is 2.38. The molecule has 0 spiro atoms. The summed E-state index contributed by atoms with van der Waals surface area (Å²) in [6, 6.07) is 1.97. The number of aryl methyl sites for hydroxylation is 3. The van der Waals surface area contributed by atoms with Gasteiger partial charge in [-0.2, -0.15) is 0 Å². The van der Waals surface area contributed by atoms with E-state index in [1.165, 1.54) is 0 Å². The van der Waals surface area contributed by atoms with Gasteiger partial charge in [-0.3, -0.25) is 4.79 Å². The first-order valence-corrected chi connectivity index (χ1v) is 4.26. The summed E-state index contributed by atoms with van der Waals surface area (Å²) in [5.41, 5.74) is 2.97. The van der Waals surface area contributed by atoms with Crippen LogP contribution in [0.4, 0.5) is 0 Å². The molecule has 2 heterocycles. The summed E-state index contributed by atoms with van der Waals surface area (Å²) in [6.07, 6.45) is 1.80. The Kier molecular flexibility index (Phi) is 1.55. The molecule has 0 unspecified atom stereocenters. The molecule has 0 saturated carbocycles. The molecule has 0 saturated heterocycles. The standard InChI is InChI=1S/C10H12N2O/c1-6-7(2)11-9-8(6)4-5-12(3)10(9)13/h4-5,11H,1-3H3. The summed E-state index contributed by atoms with van der Waals surface area (Å²) in [5.74, 6) is 0. The molecular weight excluding hydrogens is 164 g/mol. The topological polar surface area (TPSA) is 37.8 Å². The van der Waals surface area contributed by atoms with Crippen molar-refractivity contribution >= 4 is 10.9 Å². The SMILES string of the molecule is Cc1[nH]c2c(=O)n(C)ccc2c1C. The summed E-state index contributed by atoms with van der Waals surface area (Å²) in [7, 11) is 1.76. The molecule has 0 amide bonds. The Hall–Kier alpha value is -1.51. The maximum absolute atomic E-state index is 11.6. The predicted octanol–water partition coefficient (Wildman–Crippen LogP) is 1.48. The van der Waals surface area contributed by atoms with E-state index >= 15 is 0 Å². The molecule has 0 aliphatic carbocycles. The first-order valence-electron chi connectivity index (χ1n) is 4.26. The van der Waals surface area contributed by atoms with Gasteiger partial charge in [0, 0.05) is 24.3 Å². The molecule has 0 fully saturated rings. The van der Waals surface area contributed by atoms with Gasteiger partial charge in [-0.1, -0.05) is 0 Å². The summed E-state index contributed by atoms with van der Waals surface area (Å²) in [5, 5.41) is 1.03. The van der Waals surface area contributed by atoms with Crippen LogP contribution in [0.3, 0.4) is 0 Å². The Bertz CT molecular complexity index is 519. The third-order valence-corrected chi connectivity index (χ3v) is 2.55. The van der Waals surface area contributed by atoms with Crippen molar-refractivity contribution in [2.45, 2.75) is 13.8 Å². The first kappa shape index (κ1) is 8.10.